The van der Waals surface area contributed by atoms with Crippen molar-refractivity contribution >= 4 is 22.7 Å². The molecular formula is C13H20N4. The van der Waals surface area contributed by atoms with Crippen molar-refractivity contribution in [2.75, 3.05) is 17.6 Å². The van der Waals surface area contributed by atoms with Crippen LogP contribution in [0, 0.1) is 11.8 Å². The number of nitrogens with zero attached hydrogens (tertiary/aromatic N) is 1. The second-order valence-corrected chi connectivity index (χ2v) is 4.96. The van der Waals surface area contributed by atoms with E-state index in [2.05, 4.69) is 36.1 Å². The van der Waals surface area contributed by atoms with Gasteiger partial charge in [0.05, 0.1) is 11.0 Å². The first-order valence-electron chi connectivity index (χ1n) is 6.05. The van der Waals surface area contributed by atoms with E-state index < -0.39 is 0 Å². The van der Waals surface area contributed by atoms with Crippen molar-refractivity contribution in [3.63, 3.8) is 0 Å². The Balaban J connectivity index is 2.09. The molecule has 2 rings (SSSR count). The summed E-state index contributed by atoms with van der Waals surface area (Å²) >= 11 is 0. The number of imidazole rings is 1. The molecule has 0 spiro atoms. The van der Waals surface area contributed by atoms with Crippen LogP contribution in [0.3, 0.4) is 0 Å². The Bertz CT molecular complexity index is 501. The van der Waals surface area contributed by atoms with Gasteiger partial charge in [0, 0.05) is 12.2 Å². The summed E-state index contributed by atoms with van der Waals surface area (Å²) in [5.41, 5.74) is 8.40. The second-order valence-electron chi connectivity index (χ2n) is 4.96. The number of fused-ring (bicyclic) bond motifs is 1. The number of nitrogen functional groups attached to an aromatic ring is 1. The number of H-pyrrole nitrogens is 1. The number of benzene rings is 1. The quantitative estimate of drug-likeness (QED) is 0.710. The number of rotatable bonds is 4. The molecule has 0 fully saturated rings. The van der Waals surface area contributed by atoms with Gasteiger partial charge in [0.15, 0.2) is 0 Å². The van der Waals surface area contributed by atoms with Gasteiger partial charge in [-0.05, 0) is 30.0 Å². The van der Waals surface area contributed by atoms with E-state index in [1.54, 1.807) is 0 Å². The lowest BCUT2D eigenvalue weighted by molar-refractivity contribution is 0.439. The van der Waals surface area contributed by atoms with Gasteiger partial charge < -0.3 is 16.0 Å². The zero-order valence-electron chi connectivity index (χ0n) is 10.6. The van der Waals surface area contributed by atoms with Crippen molar-refractivity contribution in [2.45, 2.75) is 20.8 Å². The maximum Gasteiger partial charge on any atom is 0.201 e. The van der Waals surface area contributed by atoms with E-state index in [0.717, 1.165) is 29.2 Å². The molecule has 0 aliphatic heterocycles. The van der Waals surface area contributed by atoms with Crippen LogP contribution in [-0.4, -0.2) is 16.5 Å². The minimum Gasteiger partial charge on any atom is -0.399 e. The molecule has 0 aliphatic carbocycles. The summed E-state index contributed by atoms with van der Waals surface area (Å²) in [5, 5.41) is 3.33. The third kappa shape index (κ3) is 2.70. The lowest BCUT2D eigenvalue weighted by Gasteiger charge is -2.15. The highest BCUT2D eigenvalue weighted by Crippen LogP contribution is 2.18. The Labute approximate surface area is 102 Å². The second kappa shape index (κ2) is 4.65. The van der Waals surface area contributed by atoms with Gasteiger partial charge in [-0.3, -0.25) is 0 Å². The maximum absolute atomic E-state index is 5.73. The van der Waals surface area contributed by atoms with Gasteiger partial charge in [0.2, 0.25) is 5.95 Å². The molecule has 0 bridgehead atoms. The van der Waals surface area contributed by atoms with Crippen LogP contribution in [0.2, 0.25) is 0 Å². The van der Waals surface area contributed by atoms with Crippen molar-refractivity contribution in [3.05, 3.63) is 18.2 Å². The molecule has 4 heteroatoms. The molecule has 4 nitrogen and oxygen atoms in total. The van der Waals surface area contributed by atoms with Crippen molar-refractivity contribution in [1.29, 1.82) is 0 Å². The third-order valence-corrected chi connectivity index (χ3v) is 3.24. The van der Waals surface area contributed by atoms with Gasteiger partial charge in [-0.2, -0.15) is 0 Å². The minimum atomic E-state index is 0.619. The Morgan fingerprint density at radius 3 is 2.82 bits per heavy atom. The van der Waals surface area contributed by atoms with Gasteiger partial charge in [-0.25, -0.2) is 4.98 Å². The molecule has 17 heavy (non-hydrogen) atoms. The first-order chi connectivity index (χ1) is 8.06. The van der Waals surface area contributed by atoms with Crippen LogP contribution < -0.4 is 11.1 Å². The Morgan fingerprint density at radius 1 is 1.35 bits per heavy atom. The summed E-state index contributed by atoms with van der Waals surface area (Å²) in [7, 11) is 0. The Morgan fingerprint density at radius 2 is 2.12 bits per heavy atom. The van der Waals surface area contributed by atoms with Crippen molar-refractivity contribution in [1.82, 2.24) is 9.97 Å². The van der Waals surface area contributed by atoms with Crippen LogP contribution >= 0.6 is 0 Å². The number of nitrogens with two attached hydrogens (primary N) is 1. The summed E-state index contributed by atoms with van der Waals surface area (Å²) in [4.78, 5) is 7.69. The highest BCUT2D eigenvalue weighted by atomic mass is 15.1. The SMILES string of the molecule is CC(C)C(C)CNc1nc2ccc(N)cc2[nH]1. The van der Waals surface area contributed by atoms with Crippen LogP contribution in [-0.2, 0) is 0 Å². The average Bonchev–Trinajstić information content (AvgIpc) is 2.67. The van der Waals surface area contributed by atoms with Crippen molar-refractivity contribution in [3.8, 4) is 0 Å². The molecule has 1 atom stereocenters. The molecule has 0 saturated heterocycles. The lowest BCUT2D eigenvalue weighted by Crippen LogP contribution is -2.16. The highest BCUT2D eigenvalue weighted by Gasteiger charge is 2.08. The summed E-state index contributed by atoms with van der Waals surface area (Å²) in [6, 6.07) is 5.70. The molecule has 4 N–H and O–H groups in total. The van der Waals surface area contributed by atoms with E-state index in [4.69, 9.17) is 5.73 Å². The Kier molecular flexibility index (Phi) is 3.22. The van der Waals surface area contributed by atoms with E-state index >= 15 is 0 Å². The molecule has 2 aromatic rings. The van der Waals surface area contributed by atoms with Gasteiger partial charge in [-0.15, -0.1) is 0 Å². The lowest BCUT2D eigenvalue weighted by atomic mass is 9.98. The number of aromatic amines is 1. The molecule has 1 unspecified atom stereocenters. The average molecular weight is 232 g/mol. The zero-order valence-corrected chi connectivity index (χ0v) is 10.6. The summed E-state index contributed by atoms with van der Waals surface area (Å²) in [5.74, 6) is 2.11. The largest absolute Gasteiger partial charge is 0.399 e. The number of nitrogens with one attached hydrogen (secondary N) is 2. The summed E-state index contributed by atoms with van der Waals surface area (Å²) in [6.45, 7) is 7.61. The van der Waals surface area contributed by atoms with E-state index in [0.29, 0.717) is 11.8 Å². The van der Waals surface area contributed by atoms with Crippen LogP contribution in [0.15, 0.2) is 18.2 Å². The normalized spacial score (nSPS) is 13.2. The van der Waals surface area contributed by atoms with Gasteiger partial charge >= 0.3 is 0 Å². The monoisotopic (exact) mass is 232 g/mol. The molecule has 0 radical (unpaired) electrons. The molecule has 0 saturated carbocycles. The molecule has 0 amide bonds. The molecule has 0 aliphatic rings. The van der Waals surface area contributed by atoms with Crippen molar-refractivity contribution < 1.29 is 0 Å². The minimum absolute atomic E-state index is 0.619. The fraction of sp³-hybridized carbons (Fsp3) is 0.462. The number of anilines is 2. The van der Waals surface area contributed by atoms with Gasteiger partial charge in [0.25, 0.3) is 0 Å². The fourth-order valence-electron chi connectivity index (χ4n) is 1.60. The molecule has 1 heterocycles. The third-order valence-electron chi connectivity index (χ3n) is 3.24. The smallest absolute Gasteiger partial charge is 0.201 e. The topological polar surface area (TPSA) is 66.7 Å². The molecule has 1 aromatic heterocycles. The maximum atomic E-state index is 5.73. The van der Waals surface area contributed by atoms with Crippen LogP contribution in [0.5, 0.6) is 0 Å². The van der Waals surface area contributed by atoms with E-state index in [9.17, 15) is 0 Å². The first-order valence-corrected chi connectivity index (χ1v) is 6.05. The summed E-state index contributed by atoms with van der Waals surface area (Å²) < 4.78 is 0. The number of hydrogen-bond acceptors (Lipinski definition) is 3. The standard InChI is InChI=1S/C13H20N4/c1-8(2)9(3)7-15-13-16-11-5-4-10(14)6-12(11)17-13/h4-6,8-9H,7,14H2,1-3H3,(H2,15,16,17). The van der Waals surface area contributed by atoms with E-state index in [-0.39, 0.29) is 0 Å². The van der Waals surface area contributed by atoms with Gasteiger partial charge in [0.1, 0.15) is 0 Å². The highest BCUT2D eigenvalue weighted by molar-refractivity contribution is 5.80. The van der Waals surface area contributed by atoms with Crippen LogP contribution in [0.25, 0.3) is 11.0 Å². The predicted octanol–water partition coefficient (Wildman–Crippen LogP) is 2.85. The molecule has 92 valence electrons. The number of aromatic nitrogens is 2. The molecule has 1 aromatic carbocycles. The Hall–Kier alpha value is -1.71. The first kappa shape index (κ1) is 11.8. The van der Waals surface area contributed by atoms with Crippen LogP contribution in [0.4, 0.5) is 11.6 Å². The molecular weight excluding hydrogens is 212 g/mol. The number of hydrogen-bond donors (Lipinski definition) is 3. The fourth-order valence-corrected chi connectivity index (χ4v) is 1.60. The van der Waals surface area contributed by atoms with E-state index in [1.165, 1.54) is 0 Å². The van der Waals surface area contributed by atoms with Gasteiger partial charge in [-0.1, -0.05) is 20.8 Å². The summed E-state index contributed by atoms with van der Waals surface area (Å²) in [6.07, 6.45) is 0. The van der Waals surface area contributed by atoms with Crippen molar-refractivity contribution in [2.24, 2.45) is 11.8 Å². The zero-order chi connectivity index (χ0) is 12.4. The van der Waals surface area contributed by atoms with E-state index in [1.807, 2.05) is 18.2 Å². The predicted molar refractivity (Wildman–Crippen MR) is 73.0 cm³/mol. The van der Waals surface area contributed by atoms with Crippen LogP contribution in [0.1, 0.15) is 20.8 Å².